The smallest absolute Gasteiger partial charge is 0.0701 e. The summed E-state index contributed by atoms with van der Waals surface area (Å²) in [5.41, 5.74) is 1.06. The molecule has 11 heavy (non-hydrogen) atoms. The number of hydrogen-bond donors (Lipinski definition) is 0. The average molecular weight is 195 g/mol. The minimum absolute atomic E-state index is 0. The molecule has 2 heteroatoms. The summed E-state index contributed by atoms with van der Waals surface area (Å²) in [7, 11) is 0. The van der Waals surface area contributed by atoms with Gasteiger partial charge in [-0.3, -0.25) is 4.98 Å². The van der Waals surface area contributed by atoms with Gasteiger partial charge in [-0.05, 0) is 12.1 Å². The fourth-order valence-corrected chi connectivity index (χ4v) is 1.02. The van der Waals surface area contributed by atoms with E-state index in [1.165, 1.54) is 5.39 Å². The van der Waals surface area contributed by atoms with Gasteiger partial charge in [-0.15, -0.1) is 0 Å². The summed E-state index contributed by atoms with van der Waals surface area (Å²) in [5.74, 6) is 0. The summed E-state index contributed by atoms with van der Waals surface area (Å²) in [4.78, 5) is 4.18. The SMILES string of the molecule is [Zn].c1ccc2ncccc2c1. The number of para-hydroxylation sites is 1. The van der Waals surface area contributed by atoms with Gasteiger partial charge in [-0.1, -0.05) is 24.3 Å². The van der Waals surface area contributed by atoms with Crippen molar-refractivity contribution in [3.63, 3.8) is 0 Å². The predicted molar refractivity (Wildman–Crippen MR) is 41.7 cm³/mol. The molecule has 0 aliphatic heterocycles. The van der Waals surface area contributed by atoms with Crippen LogP contribution in [0.2, 0.25) is 0 Å². The Bertz CT molecular complexity index is 281. The first kappa shape index (κ1) is 8.35. The fourth-order valence-electron chi connectivity index (χ4n) is 1.02. The molecule has 1 nitrogen and oxygen atoms in total. The molecule has 0 bridgehead atoms. The Kier molecular flexibility index (Phi) is 2.72. The van der Waals surface area contributed by atoms with E-state index in [1.807, 2.05) is 30.5 Å². The molecule has 0 spiro atoms. The minimum Gasteiger partial charge on any atom is -0.256 e. The number of aromatic nitrogens is 1. The van der Waals surface area contributed by atoms with Crippen LogP contribution in [0.1, 0.15) is 0 Å². The second kappa shape index (κ2) is 3.59. The normalized spacial score (nSPS) is 9.09. The van der Waals surface area contributed by atoms with Crippen molar-refractivity contribution in [2.24, 2.45) is 0 Å². The molecule has 0 aliphatic rings. The first-order valence-electron chi connectivity index (χ1n) is 3.26. The topological polar surface area (TPSA) is 12.9 Å². The van der Waals surface area contributed by atoms with Crippen molar-refractivity contribution in [1.82, 2.24) is 4.98 Å². The monoisotopic (exact) mass is 193 g/mol. The molecule has 0 unspecified atom stereocenters. The standard InChI is InChI=1S/C9H7N.Zn/c1-2-6-9-8(4-1)5-3-7-10-9;/h1-7H;. The summed E-state index contributed by atoms with van der Waals surface area (Å²) >= 11 is 0. The molecule has 0 fully saturated rings. The average Bonchev–Trinajstić information content (AvgIpc) is 2.05. The zero-order valence-corrected chi connectivity index (χ0v) is 9.16. The van der Waals surface area contributed by atoms with Crippen molar-refractivity contribution in [3.8, 4) is 0 Å². The van der Waals surface area contributed by atoms with Crippen molar-refractivity contribution in [3.05, 3.63) is 42.6 Å². The van der Waals surface area contributed by atoms with Gasteiger partial charge in [0.25, 0.3) is 0 Å². The van der Waals surface area contributed by atoms with E-state index >= 15 is 0 Å². The number of pyridine rings is 1. The van der Waals surface area contributed by atoms with Crippen molar-refractivity contribution < 1.29 is 19.5 Å². The van der Waals surface area contributed by atoms with Crippen molar-refractivity contribution in [2.75, 3.05) is 0 Å². The van der Waals surface area contributed by atoms with Crippen molar-refractivity contribution in [2.45, 2.75) is 0 Å². The first-order valence-corrected chi connectivity index (χ1v) is 3.26. The van der Waals surface area contributed by atoms with Gasteiger partial charge in [0.15, 0.2) is 0 Å². The molecular weight excluding hydrogens is 187 g/mol. The molecule has 1 aromatic carbocycles. The van der Waals surface area contributed by atoms with E-state index < -0.39 is 0 Å². The van der Waals surface area contributed by atoms with Gasteiger partial charge in [0.1, 0.15) is 0 Å². The number of rotatable bonds is 0. The third kappa shape index (κ3) is 1.64. The Morgan fingerprint density at radius 3 is 2.45 bits per heavy atom. The number of nitrogens with zero attached hydrogens (tertiary/aromatic N) is 1. The Hall–Kier alpha value is -0.747. The maximum atomic E-state index is 4.18. The summed E-state index contributed by atoms with van der Waals surface area (Å²) in [6.45, 7) is 0. The first-order chi connectivity index (χ1) is 4.97. The van der Waals surface area contributed by atoms with E-state index in [0.29, 0.717) is 0 Å². The molecule has 2 rings (SSSR count). The summed E-state index contributed by atoms with van der Waals surface area (Å²) in [6.07, 6.45) is 1.81. The van der Waals surface area contributed by atoms with E-state index in [0.717, 1.165) is 5.52 Å². The molecule has 0 amide bonds. The molecule has 1 aromatic heterocycles. The van der Waals surface area contributed by atoms with E-state index in [1.54, 1.807) is 0 Å². The van der Waals surface area contributed by atoms with E-state index in [9.17, 15) is 0 Å². The summed E-state index contributed by atoms with van der Waals surface area (Å²) in [6, 6.07) is 12.1. The van der Waals surface area contributed by atoms with Crippen LogP contribution in [0.3, 0.4) is 0 Å². The van der Waals surface area contributed by atoms with Crippen LogP contribution in [-0.4, -0.2) is 4.98 Å². The minimum atomic E-state index is 0. The molecule has 50 valence electrons. The Labute approximate surface area is 78.2 Å². The van der Waals surface area contributed by atoms with Gasteiger partial charge in [0, 0.05) is 31.1 Å². The zero-order chi connectivity index (χ0) is 6.81. The maximum Gasteiger partial charge on any atom is 0.0701 e. The molecule has 0 atom stereocenters. The van der Waals surface area contributed by atoms with Crippen molar-refractivity contribution >= 4 is 10.9 Å². The van der Waals surface area contributed by atoms with Crippen LogP contribution in [0.15, 0.2) is 42.6 Å². The largest absolute Gasteiger partial charge is 0.256 e. The number of fused-ring (bicyclic) bond motifs is 1. The zero-order valence-electron chi connectivity index (χ0n) is 6.20. The molecular formula is C9H7NZn. The Balaban J connectivity index is 0.000000605. The third-order valence-electron chi connectivity index (χ3n) is 1.51. The fraction of sp³-hybridized carbons (Fsp3) is 0. The van der Waals surface area contributed by atoms with E-state index in [4.69, 9.17) is 0 Å². The Morgan fingerprint density at radius 1 is 0.909 bits per heavy atom. The molecule has 1 heterocycles. The number of hydrogen-bond acceptors (Lipinski definition) is 1. The molecule has 0 radical (unpaired) electrons. The van der Waals surface area contributed by atoms with Crippen LogP contribution in [0.25, 0.3) is 10.9 Å². The van der Waals surface area contributed by atoms with Gasteiger partial charge >= 0.3 is 0 Å². The number of benzene rings is 1. The second-order valence-electron chi connectivity index (χ2n) is 2.20. The van der Waals surface area contributed by atoms with Crippen LogP contribution in [0.5, 0.6) is 0 Å². The van der Waals surface area contributed by atoms with Gasteiger partial charge in [0.05, 0.1) is 5.52 Å². The summed E-state index contributed by atoms with van der Waals surface area (Å²) < 4.78 is 0. The second-order valence-corrected chi connectivity index (χ2v) is 2.20. The molecule has 0 saturated heterocycles. The quantitative estimate of drug-likeness (QED) is 0.586. The summed E-state index contributed by atoms with van der Waals surface area (Å²) in [5, 5.41) is 1.20. The van der Waals surface area contributed by atoms with E-state index in [2.05, 4.69) is 17.1 Å². The van der Waals surface area contributed by atoms with Crippen LogP contribution in [0.4, 0.5) is 0 Å². The molecule has 2 aromatic rings. The molecule has 0 N–H and O–H groups in total. The van der Waals surface area contributed by atoms with E-state index in [-0.39, 0.29) is 19.5 Å². The van der Waals surface area contributed by atoms with Crippen LogP contribution in [-0.2, 0) is 19.5 Å². The molecule has 0 aliphatic carbocycles. The third-order valence-corrected chi connectivity index (χ3v) is 1.51. The van der Waals surface area contributed by atoms with Gasteiger partial charge in [-0.2, -0.15) is 0 Å². The van der Waals surface area contributed by atoms with Crippen LogP contribution >= 0.6 is 0 Å². The van der Waals surface area contributed by atoms with Crippen molar-refractivity contribution in [1.29, 1.82) is 0 Å². The van der Waals surface area contributed by atoms with Crippen LogP contribution < -0.4 is 0 Å². The van der Waals surface area contributed by atoms with Gasteiger partial charge in [0.2, 0.25) is 0 Å². The van der Waals surface area contributed by atoms with Crippen LogP contribution in [0, 0.1) is 0 Å². The van der Waals surface area contributed by atoms with Gasteiger partial charge in [-0.25, -0.2) is 0 Å². The Morgan fingerprint density at radius 2 is 1.64 bits per heavy atom. The molecule has 0 saturated carbocycles. The maximum absolute atomic E-state index is 4.18. The predicted octanol–water partition coefficient (Wildman–Crippen LogP) is 2.23. The van der Waals surface area contributed by atoms with Gasteiger partial charge < -0.3 is 0 Å².